The number of piperidine rings is 1. The molecule has 2 aliphatic rings. The maximum atomic E-state index is 13.2. The Morgan fingerprint density at radius 1 is 1.23 bits per heavy atom. The molecule has 0 aliphatic carbocycles. The number of sulfonamides is 1. The molecule has 0 unspecified atom stereocenters. The van der Waals surface area contributed by atoms with Gasteiger partial charge in [-0.3, -0.25) is 13.9 Å². The molecule has 1 atom stereocenters. The third-order valence-corrected chi connectivity index (χ3v) is 8.04. The van der Waals surface area contributed by atoms with Gasteiger partial charge in [-0.25, -0.2) is 8.42 Å². The van der Waals surface area contributed by atoms with E-state index in [9.17, 15) is 18.0 Å². The summed E-state index contributed by atoms with van der Waals surface area (Å²) in [7, 11) is -0.390. The van der Waals surface area contributed by atoms with Crippen molar-refractivity contribution in [3.8, 4) is 0 Å². The number of carbonyl (C=O) groups is 2. The third-order valence-electron chi connectivity index (χ3n) is 5.52. The first-order valence-corrected chi connectivity index (χ1v) is 11.7. The monoisotopic (exact) mass is 474 g/mol. The van der Waals surface area contributed by atoms with Gasteiger partial charge >= 0.3 is 0 Å². The number of hydrogen-bond donors (Lipinski definition) is 1. The van der Waals surface area contributed by atoms with Crippen LogP contribution in [-0.2, 0) is 19.6 Å². The number of amides is 2. The van der Waals surface area contributed by atoms with E-state index < -0.39 is 22.0 Å². The Kier molecular flexibility index (Phi) is 6.96. The number of carbonyl (C=O) groups excluding carboxylic acids is 2. The Bertz CT molecular complexity index is 961. The van der Waals surface area contributed by atoms with Gasteiger partial charge in [-0.05, 0) is 51.2 Å². The van der Waals surface area contributed by atoms with Gasteiger partial charge in [0.25, 0.3) is 10.0 Å². The molecule has 30 heavy (non-hydrogen) atoms. The molecule has 3 rings (SSSR count). The Hall–Kier alpha value is -1.81. The second-order valence-corrected chi connectivity index (χ2v) is 10.2. The lowest BCUT2D eigenvalue weighted by atomic mass is 10.0. The molecule has 0 spiro atoms. The first-order chi connectivity index (χ1) is 14.1. The van der Waals surface area contributed by atoms with Crippen LogP contribution in [-0.4, -0.2) is 73.6 Å². The number of nitrogens with zero attached hydrogens (tertiary/aromatic N) is 3. The van der Waals surface area contributed by atoms with Crippen LogP contribution in [0.1, 0.15) is 19.3 Å². The molecule has 0 radical (unpaired) electrons. The van der Waals surface area contributed by atoms with Crippen LogP contribution in [0, 0.1) is 0 Å². The molecule has 1 aromatic carbocycles. The molecule has 164 valence electrons. The Labute approximate surface area is 186 Å². The highest BCUT2D eigenvalue weighted by Gasteiger charge is 2.38. The van der Waals surface area contributed by atoms with Gasteiger partial charge in [0.1, 0.15) is 6.04 Å². The van der Waals surface area contributed by atoms with E-state index >= 15 is 0 Å². The zero-order valence-electron chi connectivity index (χ0n) is 16.7. The van der Waals surface area contributed by atoms with E-state index in [4.69, 9.17) is 23.2 Å². The summed E-state index contributed by atoms with van der Waals surface area (Å²) in [6, 6.07) is 2.78. The van der Waals surface area contributed by atoms with E-state index in [1.807, 2.05) is 7.05 Å². The van der Waals surface area contributed by atoms with Gasteiger partial charge in [0, 0.05) is 25.5 Å². The van der Waals surface area contributed by atoms with Crippen LogP contribution >= 0.6 is 23.2 Å². The van der Waals surface area contributed by atoms with Crippen LogP contribution in [0.3, 0.4) is 0 Å². The summed E-state index contributed by atoms with van der Waals surface area (Å²) < 4.78 is 27.2. The highest BCUT2D eigenvalue weighted by Crippen LogP contribution is 2.29. The molecule has 1 N–H and O–H groups in total. The molecule has 2 aliphatic heterocycles. The minimum absolute atomic E-state index is 0.0658. The molecular weight excluding hydrogens is 451 g/mol. The number of halogens is 2. The molecule has 1 fully saturated rings. The minimum atomic E-state index is -4.12. The standard InChI is InChI=1S/C19H24Cl2N4O4S/c1-23-8-5-13(6-9-23)24(2)18(26)12-17-19(27)22-7-10-25(17)30(28,29)14-3-4-15(20)16(21)11-14/h3-4,7,10-11,13,17H,5-6,8-9,12H2,1-2H3,(H,22,27)/t17-/m1/s1. The summed E-state index contributed by atoms with van der Waals surface area (Å²) in [5.74, 6) is -0.847. The quantitative estimate of drug-likeness (QED) is 0.703. The normalized spacial score (nSPS) is 20.9. The van der Waals surface area contributed by atoms with Gasteiger partial charge in [-0.1, -0.05) is 23.2 Å². The minimum Gasteiger partial charge on any atom is -0.343 e. The zero-order chi connectivity index (χ0) is 22.1. The number of benzene rings is 1. The van der Waals surface area contributed by atoms with E-state index in [0.29, 0.717) is 0 Å². The van der Waals surface area contributed by atoms with Crippen LogP contribution in [0.5, 0.6) is 0 Å². The highest BCUT2D eigenvalue weighted by molar-refractivity contribution is 7.89. The third kappa shape index (κ3) is 4.74. The molecular formula is C19H24Cl2N4O4S. The lowest BCUT2D eigenvalue weighted by Crippen LogP contribution is -2.52. The Morgan fingerprint density at radius 2 is 1.90 bits per heavy atom. The number of rotatable bonds is 5. The van der Waals surface area contributed by atoms with E-state index in [1.54, 1.807) is 11.9 Å². The van der Waals surface area contributed by atoms with Crippen LogP contribution in [0.4, 0.5) is 0 Å². The molecule has 0 saturated carbocycles. The largest absolute Gasteiger partial charge is 0.343 e. The van der Waals surface area contributed by atoms with Crippen LogP contribution < -0.4 is 5.32 Å². The molecule has 0 aromatic heterocycles. The predicted molar refractivity (Wildman–Crippen MR) is 114 cm³/mol. The van der Waals surface area contributed by atoms with Crippen molar-refractivity contribution in [3.05, 3.63) is 40.6 Å². The first kappa shape index (κ1) is 22.9. The number of hydrogen-bond acceptors (Lipinski definition) is 5. The van der Waals surface area contributed by atoms with Gasteiger partial charge < -0.3 is 15.1 Å². The van der Waals surface area contributed by atoms with Crippen molar-refractivity contribution < 1.29 is 18.0 Å². The maximum absolute atomic E-state index is 13.2. The lowest BCUT2D eigenvalue weighted by molar-refractivity contribution is -0.137. The SMILES string of the molecule is CN1CCC(N(C)C(=O)C[C@@H]2C(=O)NC=CN2S(=O)(=O)c2ccc(Cl)c(Cl)c2)CC1. The van der Waals surface area contributed by atoms with Gasteiger partial charge in [0.05, 0.1) is 21.4 Å². The summed E-state index contributed by atoms with van der Waals surface area (Å²) in [5, 5.41) is 2.78. The lowest BCUT2D eigenvalue weighted by Gasteiger charge is -2.37. The van der Waals surface area contributed by atoms with Gasteiger partial charge in [0.15, 0.2) is 0 Å². The van der Waals surface area contributed by atoms with Crippen molar-refractivity contribution in [1.29, 1.82) is 0 Å². The average molecular weight is 475 g/mol. The van der Waals surface area contributed by atoms with Crippen LogP contribution in [0.25, 0.3) is 0 Å². The number of nitrogens with one attached hydrogen (secondary N) is 1. The topological polar surface area (TPSA) is 90.0 Å². The second kappa shape index (κ2) is 9.13. The molecule has 0 bridgehead atoms. The van der Waals surface area contributed by atoms with Crippen molar-refractivity contribution in [2.24, 2.45) is 0 Å². The fraction of sp³-hybridized carbons (Fsp3) is 0.474. The summed E-state index contributed by atoms with van der Waals surface area (Å²) in [5.41, 5.74) is 0. The van der Waals surface area contributed by atoms with Crippen LogP contribution in [0.15, 0.2) is 35.5 Å². The van der Waals surface area contributed by atoms with Crippen molar-refractivity contribution >= 4 is 45.0 Å². The zero-order valence-corrected chi connectivity index (χ0v) is 19.0. The van der Waals surface area contributed by atoms with Crippen molar-refractivity contribution in [2.45, 2.75) is 36.2 Å². The predicted octanol–water partition coefficient (Wildman–Crippen LogP) is 1.90. The van der Waals surface area contributed by atoms with Crippen molar-refractivity contribution in [3.63, 3.8) is 0 Å². The fourth-order valence-corrected chi connectivity index (χ4v) is 5.43. The Morgan fingerprint density at radius 3 is 2.53 bits per heavy atom. The molecule has 2 heterocycles. The summed E-state index contributed by atoms with van der Waals surface area (Å²) in [4.78, 5) is 29.1. The highest BCUT2D eigenvalue weighted by atomic mass is 35.5. The maximum Gasteiger partial charge on any atom is 0.264 e. The average Bonchev–Trinajstić information content (AvgIpc) is 2.71. The molecule has 1 saturated heterocycles. The van der Waals surface area contributed by atoms with E-state index in [2.05, 4.69) is 10.2 Å². The Balaban J connectivity index is 1.81. The molecule has 8 nitrogen and oxygen atoms in total. The van der Waals surface area contributed by atoms with E-state index in [1.165, 1.54) is 30.6 Å². The van der Waals surface area contributed by atoms with E-state index in [0.717, 1.165) is 30.2 Å². The van der Waals surface area contributed by atoms with Crippen molar-refractivity contribution in [2.75, 3.05) is 27.2 Å². The van der Waals surface area contributed by atoms with Gasteiger partial charge in [-0.2, -0.15) is 0 Å². The first-order valence-electron chi connectivity index (χ1n) is 9.51. The smallest absolute Gasteiger partial charge is 0.264 e. The van der Waals surface area contributed by atoms with Crippen molar-refractivity contribution in [1.82, 2.24) is 19.4 Å². The van der Waals surface area contributed by atoms with Crippen LogP contribution in [0.2, 0.25) is 10.0 Å². The summed E-state index contributed by atoms with van der Waals surface area (Å²) >= 11 is 11.9. The summed E-state index contributed by atoms with van der Waals surface area (Å²) in [6.45, 7) is 1.76. The molecule has 11 heteroatoms. The second-order valence-electron chi connectivity index (χ2n) is 7.49. The number of likely N-dealkylation sites (tertiary alicyclic amines) is 1. The molecule has 2 amide bonds. The van der Waals surface area contributed by atoms with Gasteiger partial charge in [0.2, 0.25) is 11.8 Å². The summed E-state index contributed by atoms with van der Waals surface area (Å²) in [6.07, 6.45) is 3.88. The fourth-order valence-electron chi connectivity index (χ4n) is 3.59. The van der Waals surface area contributed by atoms with Gasteiger partial charge in [-0.15, -0.1) is 0 Å². The molecule has 1 aromatic rings. The van der Waals surface area contributed by atoms with E-state index in [-0.39, 0.29) is 33.3 Å².